The molecule has 1 aromatic rings. The summed E-state index contributed by atoms with van der Waals surface area (Å²) < 4.78 is 29.0. The van der Waals surface area contributed by atoms with Crippen LogP contribution in [0.15, 0.2) is 17.3 Å². The van der Waals surface area contributed by atoms with Crippen molar-refractivity contribution in [3.05, 3.63) is 12.4 Å². The summed E-state index contributed by atoms with van der Waals surface area (Å²) in [5.41, 5.74) is 0. The van der Waals surface area contributed by atoms with E-state index in [1.807, 2.05) is 6.92 Å². The maximum Gasteiger partial charge on any atom is 0.243 e. The third-order valence-electron chi connectivity index (χ3n) is 5.03. The third-order valence-corrected chi connectivity index (χ3v) is 6.54. The van der Waals surface area contributed by atoms with Crippen molar-refractivity contribution in [1.29, 1.82) is 0 Å². The van der Waals surface area contributed by atoms with Crippen molar-refractivity contribution in [2.45, 2.75) is 50.1 Å². The monoisotopic (exact) mass is 313 g/mol. The SMILES string of the molecule is CC(NS(=O)(=O)c1cnn(CCO)c1)C1CC2CCC1C2. The van der Waals surface area contributed by atoms with Gasteiger partial charge in [-0.2, -0.15) is 5.10 Å². The Hall–Kier alpha value is -0.920. The fourth-order valence-electron chi connectivity index (χ4n) is 4.01. The fraction of sp³-hybridized carbons (Fsp3) is 0.786. The minimum absolute atomic E-state index is 0.0357. The minimum atomic E-state index is -3.53. The molecule has 4 unspecified atom stereocenters. The van der Waals surface area contributed by atoms with Crippen molar-refractivity contribution >= 4 is 10.0 Å². The molecule has 2 N–H and O–H groups in total. The van der Waals surface area contributed by atoms with Gasteiger partial charge in [-0.3, -0.25) is 4.68 Å². The normalized spacial score (nSPS) is 29.9. The Morgan fingerprint density at radius 2 is 2.29 bits per heavy atom. The van der Waals surface area contributed by atoms with Gasteiger partial charge in [-0.1, -0.05) is 6.42 Å². The van der Waals surface area contributed by atoms with Crippen molar-refractivity contribution in [2.24, 2.45) is 17.8 Å². The molecule has 118 valence electrons. The van der Waals surface area contributed by atoms with Crippen molar-refractivity contribution < 1.29 is 13.5 Å². The molecular formula is C14H23N3O3S. The van der Waals surface area contributed by atoms with Gasteiger partial charge >= 0.3 is 0 Å². The van der Waals surface area contributed by atoms with Crippen LogP contribution in [0, 0.1) is 17.8 Å². The summed E-state index contributed by atoms with van der Waals surface area (Å²) >= 11 is 0. The maximum absolute atomic E-state index is 12.4. The predicted molar refractivity (Wildman–Crippen MR) is 78.0 cm³/mol. The molecule has 0 radical (unpaired) electrons. The minimum Gasteiger partial charge on any atom is -0.394 e. The van der Waals surface area contributed by atoms with Crippen LogP contribution in [0.3, 0.4) is 0 Å². The van der Waals surface area contributed by atoms with Crippen LogP contribution in [0.5, 0.6) is 0 Å². The summed E-state index contributed by atoms with van der Waals surface area (Å²) in [6.45, 7) is 2.22. The van der Waals surface area contributed by atoms with Gasteiger partial charge in [0.25, 0.3) is 0 Å². The number of hydrogen-bond acceptors (Lipinski definition) is 4. The van der Waals surface area contributed by atoms with Gasteiger partial charge in [0.1, 0.15) is 4.90 Å². The summed E-state index contributed by atoms with van der Waals surface area (Å²) in [5.74, 6) is 1.95. The van der Waals surface area contributed by atoms with E-state index >= 15 is 0 Å². The molecule has 2 aliphatic rings. The van der Waals surface area contributed by atoms with E-state index in [4.69, 9.17) is 5.11 Å². The zero-order chi connectivity index (χ0) is 15.0. The quantitative estimate of drug-likeness (QED) is 0.820. The molecule has 0 aromatic carbocycles. The van der Waals surface area contributed by atoms with Crippen LogP contribution in [0.25, 0.3) is 0 Å². The van der Waals surface area contributed by atoms with Gasteiger partial charge < -0.3 is 5.11 Å². The lowest BCUT2D eigenvalue weighted by Gasteiger charge is -2.28. The molecule has 6 nitrogen and oxygen atoms in total. The summed E-state index contributed by atoms with van der Waals surface area (Å²) in [7, 11) is -3.53. The molecule has 2 fully saturated rings. The lowest BCUT2D eigenvalue weighted by molar-refractivity contribution is 0.269. The smallest absolute Gasteiger partial charge is 0.243 e. The van der Waals surface area contributed by atoms with Crippen LogP contribution >= 0.6 is 0 Å². The van der Waals surface area contributed by atoms with Gasteiger partial charge in [0.05, 0.1) is 19.3 Å². The number of rotatable bonds is 6. The Kier molecular flexibility index (Phi) is 4.07. The van der Waals surface area contributed by atoms with Gasteiger partial charge in [0.2, 0.25) is 10.0 Å². The molecule has 1 aromatic heterocycles. The first-order valence-corrected chi connectivity index (χ1v) is 9.13. The maximum atomic E-state index is 12.4. The average Bonchev–Trinajstić information content (AvgIpc) is 3.14. The van der Waals surface area contributed by atoms with Gasteiger partial charge in [0, 0.05) is 12.2 Å². The van der Waals surface area contributed by atoms with E-state index in [0.29, 0.717) is 18.4 Å². The van der Waals surface area contributed by atoms with Crippen LogP contribution in [0.1, 0.15) is 32.6 Å². The molecular weight excluding hydrogens is 290 g/mol. The highest BCUT2D eigenvalue weighted by Crippen LogP contribution is 2.49. The summed E-state index contributed by atoms with van der Waals surface area (Å²) in [6.07, 6.45) is 7.78. The molecule has 2 bridgehead atoms. The van der Waals surface area contributed by atoms with Crippen molar-refractivity contribution in [3.8, 4) is 0 Å². The predicted octanol–water partition coefficient (Wildman–Crippen LogP) is 0.978. The van der Waals surface area contributed by atoms with E-state index in [-0.39, 0.29) is 17.5 Å². The van der Waals surface area contributed by atoms with Crippen LogP contribution in [0.2, 0.25) is 0 Å². The number of sulfonamides is 1. The molecule has 4 atom stereocenters. The molecule has 21 heavy (non-hydrogen) atoms. The zero-order valence-corrected chi connectivity index (χ0v) is 13.1. The van der Waals surface area contributed by atoms with E-state index in [1.165, 1.54) is 36.3 Å². The van der Waals surface area contributed by atoms with Gasteiger partial charge in [0.15, 0.2) is 0 Å². The molecule has 0 saturated heterocycles. The molecule has 0 aliphatic heterocycles. The lowest BCUT2D eigenvalue weighted by Crippen LogP contribution is -2.39. The number of nitrogens with one attached hydrogen (secondary N) is 1. The lowest BCUT2D eigenvalue weighted by atomic mass is 9.84. The average molecular weight is 313 g/mol. The number of aliphatic hydroxyl groups excluding tert-OH is 1. The first kappa shape index (κ1) is 15.0. The molecule has 0 spiro atoms. The fourth-order valence-corrected chi connectivity index (χ4v) is 5.26. The summed E-state index contributed by atoms with van der Waals surface area (Å²) in [4.78, 5) is 0.172. The van der Waals surface area contributed by atoms with Crippen LogP contribution in [-0.2, 0) is 16.6 Å². The topological polar surface area (TPSA) is 84.2 Å². The second kappa shape index (κ2) is 5.70. The second-order valence-corrected chi connectivity index (χ2v) is 8.13. The standard InChI is InChI=1S/C14H23N3O3S/c1-10(14-7-11-2-3-12(14)6-11)16-21(19,20)13-8-15-17(9-13)4-5-18/h8-12,14,16,18H,2-7H2,1H3. The Balaban J connectivity index is 1.67. The Labute approximate surface area is 125 Å². The molecule has 2 saturated carbocycles. The van der Waals surface area contributed by atoms with Gasteiger partial charge in [-0.15, -0.1) is 0 Å². The highest BCUT2D eigenvalue weighted by atomic mass is 32.2. The van der Waals surface area contributed by atoms with E-state index < -0.39 is 10.0 Å². The van der Waals surface area contributed by atoms with E-state index in [0.717, 1.165) is 12.3 Å². The summed E-state index contributed by atoms with van der Waals surface area (Å²) in [6, 6.07) is -0.0357. The zero-order valence-electron chi connectivity index (χ0n) is 12.3. The Morgan fingerprint density at radius 3 is 2.90 bits per heavy atom. The first-order chi connectivity index (χ1) is 9.99. The molecule has 0 amide bonds. The number of aromatic nitrogens is 2. The highest BCUT2D eigenvalue weighted by molar-refractivity contribution is 7.89. The number of hydrogen-bond donors (Lipinski definition) is 2. The van der Waals surface area contributed by atoms with Crippen LogP contribution < -0.4 is 4.72 Å². The molecule has 7 heteroatoms. The van der Waals surface area contributed by atoms with Crippen LogP contribution in [0.4, 0.5) is 0 Å². The van der Waals surface area contributed by atoms with Gasteiger partial charge in [-0.05, 0) is 43.9 Å². The largest absolute Gasteiger partial charge is 0.394 e. The second-order valence-electron chi connectivity index (χ2n) is 6.41. The molecule has 1 heterocycles. The number of aliphatic hydroxyl groups is 1. The van der Waals surface area contributed by atoms with Gasteiger partial charge in [-0.25, -0.2) is 13.1 Å². The van der Waals surface area contributed by atoms with Crippen LogP contribution in [-0.4, -0.2) is 36.0 Å². The highest BCUT2D eigenvalue weighted by Gasteiger charge is 2.42. The van der Waals surface area contributed by atoms with Crippen molar-refractivity contribution in [2.75, 3.05) is 6.61 Å². The van der Waals surface area contributed by atoms with E-state index in [1.54, 1.807) is 0 Å². The number of nitrogens with zero attached hydrogens (tertiary/aromatic N) is 2. The molecule has 3 rings (SSSR count). The van der Waals surface area contributed by atoms with Crippen molar-refractivity contribution in [1.82, 2.24) is 14.5 Å². The first-order valence-electron chi connectivity index (χ1n) is 7.65. The Bertz CT molecular complexity index is 598. The van der Waals surface area contributed by atoms with E-state index in [9.17, 15) is 8.42 Å². The number of fused-ring (bicyclic) bond motifs is 2. The van der Waals surface area contributed by atoms with E-state index in [2.05, 4.69) is 9.82 Å². The Morgan fingerprint density at radius 1 is 1.48 bits per heavy atom. The summed E-state index contributed by atoms with van der Waals surface area (Å²) in [5, 5.41) is 12.8. The molecule has 2 aliphatic carbocycles. The van der Waals surface area contributed by atoms with Crippen molar-refractivity contribution in [3.63, 3.8) is 0 Å². The third kappa shape index (κ3) is 3.00.